The van der Waals surface area contributed by atoms with Crippen LogP contribution in [0.5, 0.6) is 0 Å². The van der Waals surface area contributed by atoms with Crippen LogP contribution in [0.2, 0.25) is 0 Å². The summed E-state index contributed by atoms with van der Waals surface area (Å²) in [7, 11) is 0. The third-order valence-electron chi connectivity index (χ3n) is 2.93. The molecule has 0 aromatic carbocycles. The second kappa shape index (κ2) is 5.96. The van der Waals surface area contributed by atoms with Crippen LogP contribution in [0, 0.1) is 10.1 Å². The molecule has 0 saturated carbocycles. The zero-order valence-corrected chi connectivity index (χ0v) is 13.4. The summed E-state index contributed by atoms with van der Waals surface area (Å²) in [5.74, 6) is 0. The van der Waals surface area contributed by atoms with E-state index in [2.05, 4.69) is 20.2 Å². The maximum absolute atomic E-state index is 12.0. The lowest BCUT2D eigenvalue weighted by Crippen LogP contribution is -2.20. The predicted molar refractivity (Wildman–Crippen MR) is 84.2 cm³/mol. The molecule has 0 bridgehead atoms. The molecule has 0 aliphatic heterocycles. The normalized spacial score (nSPS) is 11.2. The van der Waals surface area contributed by atoms with Crippen LogP contribution >= 0.6 is 23.1 Å². The summed E-state index contributed by atoms with van der Waals surface area (Å²) in [6, 6.07) is 0. The van der Waals surface area contributed by atoms with Crippen molar-refractivity contribution in [1.29, 1.82) is 0 Å². The molecule has 0 spiro atoms. The Morgan fingerprint density at radius 2 is 2.13 bits per heavy atom. The molecule has 0 unspecified atom stereocenters. The fraction of sp³-hybridized carbons (Fsp3) is 0.273. The number of nitrogens with one attached hydrogen (secondary N) is 2. The van der Waals surface area contributed by atoms with Crippen LogP contribution in [0.3, 0.4) is 0 Å². The van der Waals surface area contributed by atoms with Crippen molar-refractivity contribution in [3.63, 3.8) is 0 Å². The average molecular weight is 354 g/mol. The van der Waals surface area contributed by atoms with Crippen LogP contribution in [0.15, 0.2) is 25.3 Å². The summed E-state index contributed by atoms with van der Waals surface area (Å²) in [6.45, 7) is 2.41. The van der Waals surface area contributed by atoms with Gasteiger partial charge < -0.3 is 4.57 Å². The second-order valence-corrected chi connectivity index (χ2v) is 6.70. The van der Waals surface area contributed by atoms with E-state index in [1.807, 2.05) is 6.92 Å². The number of aryl methyl sites for hydroxylation is 1. The fourth-order valence-corrected chi connectivity index (χ4v) is 3.82. The Balaban J connectivity index is 2.12. The molecule has 0 radical (unpaired) electrons. The van der Waals surface area contributed by atoms with Crippen LogP contribution < -0.4 is 11.1 Å². The minimum Gasteiger partial charge on any atom is -0.314 e. The van der Waals surface area contributed by atoms with Crippen molar-refractivity contribution in [3.05, 3.63) is 37.0 Å². The molecule has 0 aliphatic carbocycles. The number of H-pyrrole nitrogens is 2. The molecule has 3 heterocycles. The van der Waals surface area contributed by atoms with Gasteiger partial charge in [-0.05, 0) is 29.5 Å². The van der Waals surface area contributed by atoms with Crippen molar-refractivity contribution in [1.82, 2.24) is 24.7 Å². The number of fused-ring (bicyclic) bond motifs is 1. The Morgan fingerprint density at radius 1 is 1.39 bits per heavy atom. The zero-order valence-electron chi connectivity index (χ0n) is 11.7. The van der Waals surface area contributed by atoms with Gasteiger partial charge in [-0.2, -0.15) is 0 Å². The van der Waals surface area contributed by atoms with Crippen LogP contribution in [0.1, 0.15) is 13.3 Å². The van der Waals surface area contributed by atoms with Crippen LogP contribution in [0.25, 0.3) is 11.0 Å². The highest BCUT2D eigenvalue weighted by Crippen LogP contribution is 2.34. The van der Waals surface area contributed by atoms with Crippen LogP contribution in [0.4, 0.5) is 5.00 Å². The molecular weight excluding hydrogens is 344 g/mol. The number of nitrogens with zero attached hydrogens (tertiary/aromatic N) is 4. The monoisotopic (exact) mass is 354 g/mol. The molecule has 3 aromatic heterocycles. The molecule has 10 nitrogen and oxygen atoms in total. The van der Waals surface area contributed by atoms with Gasteiger partial charge in [-0.15, -0.1) is 0 Å². The highest BCUT2D eigenvalue weighted by atomic mass is 32.2. The molecule has 12 heteroatoms. The highest BCUT2D eigenvalue weighted by Gasteiger charge is 2.19. The van der Waals surface area contributed by atoms with E-state index >= 15 is 0 Å². The van der Waals surface area contributed by atoms with Gasteiger partial charge in [0.25, 0.3) is 11.1 Å². The number of thiazole rings is 1. The van der Waals surface area contributed by atoms with E-state index in [-0.39, 0.29) is 16.0 Å². The molecule has 0 atom stereocenters. The number of imidazole rings is 1. The molecule has 2 N–H and O–H groups in total. The maximum atomic E-state index is 12.0. The molecule has 23 heavy (non-hydrogen) atoms. The standard InChI is InChI=1S/C11H10N6O4S2/c1-2-3-16-7-6(8(18)14-15-9(7)19)13-10(16)23-11-12-4-5(22-11)17(20)21/h4H,2-3H2,1H3,(H,14,18)(H,15,19). The van der Waals surface area contributed by atoms with Gasteiger partial charge in [0.2, 0.25) is 0 Å². The summed E-state index contributed by atoms with van der Waals surface area (Å²) < 4.78 is 2.04. The Kier molecular flexibility index (Phi) is 4.00. The largest absolute Gasteiger partial charge is 0.344 e. The predicted octanol–water partition coefficient (Wildman–Crippen LogP) is 1.34. The van der Waals surface area contributed by atoms with Crippen LogP contribution in [-0.4, -0.2) is 29.7 Å². The molecular formula is C11H10N6O4S2. The van der Waals surface area contributed by atoms with Gasteiger partial charge in [0.15, 0.2) is 15.0 Å². The first-order chi connectivity index (χ1) is 11.0. The van der Waals surface area contributed by atoms with E-state index in [4.69, 9.17) is 0 Å². The molecule has 3 aromatic rings. The Labute approximate surface area is 135 Å². The van der Waals surface area contributed by atoms with E-state index in [9.17, 15) is 19.7 Å². The summed E-state index contributed by atoms with van der Waals surface area (Å²) in [4.78, 5) is 42.2. The van der Waals surface area contributed by atoms with E-state index in [0.29, 0.717) is 16.0 Å². The number of rotatable bonds is 5. The molecule has 0 aliphatic rings. The Hall–Kier alpha value is -2.47. The summed E-state index contributed by atoms with van der Waals surface area (Å²) in [5, 5.41) is 15.5. The molecule has 3 rings (SSSR count). The van der Waals surface area contributed by atoms with Gasteiger partial charge in [-0.3, -0.25) is 29.9 Å². The van der Waals surface area contributed by atoms with Crippen molar-refractivity contribution in [2.45, 2.75) is 29.4 Å². The van der Waals surface area contributed by atoms with Gasteiger partial charge in [-0.25, -0.2) is 9.97 Å². The van der Waals surface area contributed by atoms with Crippen molar-refractivity contribution in [3.8, 4) is 0 Å². The van der Waals surface area contributed by atoms with Gasteiger partial charge in [0.05, 0.1) is 4.92 Å². The zero-order chi connectivity index (χ0) is 16.6. The topological polar surface area (TPSA) is 140 Å². The van der Waals surface area contributed by atoms with Gasteiger partial charge in [-0.1, -0.05) is 6.92 Å². The van der Waals surface area contributed by atoms with Gasteiger partial charge in [0, 0.05) is 6.54 Å². The second-order valence-electron chi connectivity index (χ2n) is 4.48. The SMILES string of the molecule is CCCn1c(Sc2ncc([N+](=O)[O-])s2)nc2c(=O)[nH][nH]c(=O)c21. The lowest BCUT2D eigenvalue weighted by molar-refractivity contribution is -0.380. The number of aromatic amines is 2. The molecule has 0 amide bonds. The number of hydrogen-bond acceptors (Lipinski definition) is 8. The first-order valence-electron chi connectivity index (χ1n) is 6.50. The molecule has 0 fully saturated rings. The van der Waals surface area contributed by atoms with E-state index < -0.39 is 16.0 Å². The third-order valence-corrected chi connectivity index (χ3v) is 4.95. The summed E-state index contributed by atoms with van der Waals surface area (Å²) in [5.41, 5.74) is -0.723. The van der Waals surface area contributed by atoms with Crippen molar-refractivity contribution < 1.29 is 4.92 Å². The van der Waals surface area contributed by atoms with E-state index in [0.717, 1.165) is 29.5 Å². The van der Waals surface area contributed by atoms with Gasteiger partial charge >= 0.3 is 5.00 Å². The number of aromatic nitrogens is 5. The summed E-state index contributed by atoms with van der Waals surface area (Å²) >= 11 is 1.99. The lowest BCUT2D eigenvalue weighted by Gasteiger charge is -2.04. The number of hydrogen-bond donors (Lipinski definition) is 2. The smallest absolute Gasteiger partial charge is 0.314 e. The average Bonchev–Trinajstić information content (AvgIpc) is 3.10. The third kappa shape index (κ3) is 2.77. The highest BCUT2D eigenvalue weighted by molar-refractivity contribution is 8.01. The lowest BCUT2D eigenvalue weighted by atomic mass is 10.4. The van der Waals surface area contributed by atoms with Crippen molar-refractivity contribution in [2.24, 2.45) is 0 Å². The summed E-state index contributed by atoms with van der Waals surface area (Å²) in [6.07, 6.45) is 1.89. The number of nitro groups is 1. The quantitative estimate of drug-likeness (QED) is 0.520. The first kappa shape index (κ1) is 15.4. The minimum atomic E-state index is -0.522. The Morgan fingerprint density at radius 3 is 2.78 bits per heavy atom. The fourth-order valence-electron chi connectivity index (χ4n) is 2.02. The van der Waals surface area contributed by atoms with Crippen molar-refractivity contribution in [2.75, 3.05) is 0 Å². The van der Waals surface area contributed by atoms with Crippen molar-refractivity contribution >= 4 is 39.1 Å². The first-order valence-corrected chi connectivity index (χ1v) is 8.13. The molecule has 120 valence electrons. The van der Waals surface area contributed by atoms with E-state index in [1.165, 1.54) is 6.20 Å². The van der Waals surface area contributed by atoms with Gasteiger partial charge in [0.1, 0.15) is 11.7 Å². The Bertz CT molecular complexity index is 1000. The van der Waals surface area contributed by atoms with E-state index in [1.54, 1.807) is 4.57 Å². The van der Waals surface area contributed by atoms with Crippen LogP contribution in [-0.2, 0) is 6.54 Å². The minimum absolute atomic E-state index is 0.0377. The maximum Gasteiger partial charge on any atom is 0.344 e. The molecule has 0 saturated heterocycles.